The van der Waals surface area contributed by atoms with Gasteiger partial charge in [-0.15, -0.1) is 11.3 Å². The van der Waals surface area contributed by atoms with Gasteiger partial charge in [0.2, 0.25) is 0 Å². The summed E-state index contributed by atoms with van der Waals surface area (Å²) in [6, 6.07) is 6.95. The van der Waals surface area contributed by atoms with Crippen LogP contribution in [0.25, 0.3) is 0 Å². The number of benzene rings is 1. The minimum absolute atomic E-state index is 0.237. The zero-order chi connectivity index (χ0) is 19.9. The molecule has 1 aromatic heterocycles. The highest BCUT2D eigenvalue weighted by molar-refractivity contribution is 7.17. The van der Waals surface area contributed by atoms with Crippen molar-refractivity contribution in [3.63, 3.8) is 0 Å². The second-order valence-electron chi connectivity index (χ2n) is 7.03. The third-order valence-electron chi connectivity index (χ3n) is 5.17. The van der Waals surface area contributed by atoms with E-state index in [9.17, 15) is 14.4 Å². The lowest BCUT2D eigenvalue weighted by molar-refractivity contribution is -0.143. The highest BCUT2D eigenvalue weighted by Crippen LogP contribution is 2.39. The van der Waals surface area contributed by atoms with Crippen molar-refractivity contribution in [2.75, 3.05) is 17.7 Å². The first kappa shape index (κ1) is 18.5. The van der Waals surface area contributed by atoms with Crippen molar-refractivity contribution in [3.05, 3.63) is 40.3 Å². The number of carbonyl (C=O) groups is 3. The summed E-state index contributed by atoms with van der Waals surface area (Å²) in [6.45, 7) is 1.43. The molecule has 0 bridgehead atoms. The average molecular weight is 399 g/mol. The summed E-state index contributed by atoms with van der Waals surface area (Å²) in [5, 5.41) is 8.61. The fourth-order valence-electron chi connectivity index (χ4n) is 3.56. The van der Waals surface area contributed by atoms with Gasteiger partial charge in [0, 0.05) is 11.9 Å². The molecule has 0 saturated carbocycles. The largest absolute Gasteiger partial charge is 0.466 e. The predicted octanol–water partition coefficient (Wildman–Crippen LogP) is 2.71. The van der Waals surface area contributed by atoms with E-state index in [2.05, 4.69) is 16.0 Å². The van der Waals surface area contributed by atoms with E-state index < -0.39 is 17.4 Å². The van der Waals surface area contributed by atoms with Gasteiger partial charge in [0.15, 0.2) is 0 Å². The first-order valence-electron chi connectivity index (χ1n) is 9.21. The van der Waals surface area contributed by atoms with Crippen molar-refractivity contribution in [2.45, 2.75) is 38.2 Å². The van der Waals surface area contributed by atoms with E-state index in [0.29, 0.717) is 22.0 Å². The molecule has 1 unspecified atom stereocenters. The summed E-state index contributed by atoms with van der Waals surface area (Å²) in [4.78, 5) is 39.3. The zero-order valence-electron chi connectivity index (χ0n) is 15.7. The van der Waals surface area contributed by atoms with E-state index in [-0.39, 0.29) is 5.91 Å². The van der Waals surface area contributed by atoms with Crippen molar-refractivity contribution in [1.82, 2.24) is 5.32 Å². The zero-order valence-corrected chi connectivity index (χ0v) is 16.5. The molecule has 0 fully saturated rings. The number of carbonyl (C=O) groups excluding carboxylic acids is 3. The van der Waals surface area contributed by atoms with E-state index in [1.165, 1.54) is 18.3 Å². The van der Waals surface area contributed by atoms with Gasteiger partial charge in [0.05, 0.1) is 11.3 Å². The van der Waals surface area contributed by atoms with Crippen molar-refractivity contribution in [3.8, 4) is 5.75 Å². The van der Waals surface area contributed by atoms with Crippen molar-refractivity contribution in [1.29, 1.82) is 0 Å². The standard InChI is InChI=1S/C20H21N3O4S/c1-20(18(25)22-12-8-4-5-9-13(12)27-20)19(26)23-17-15(16(24)21-2)11-7-3-6-10-14(11)28-17/h4-5,8-9H,3,6-7,10H2,1-2H3,(H,21,24)(H,22,25)(H,23,26). The van der Waals surface area contributed by atoms with Crippen LogP contribution in [0.1, 0.15) is 40.6 Å². The summed E-state index contributed by atoms with van der Waals surface area (Å²) in [5.41, 5.74) is 0.278. The molecule has 1 aromatic carbocycles. The quantitative estimate of drug-likeness (QED) is 0.692. The normalized spacial score (nSPS) is 20.3. The van der Waals surface area contributed by atoms with Crippen molar-refractivity contribution in [2.24, 2.45) is 0 Å². The lowest BCUT2D eigenvalue weighted by Crippen LogP contribution is -2.56. The number of fused-ring (bicyclic) bond motifs is 2. The topological polar surface area (TPSA) is 96.5 Å². The van der Waals surface area contributed by atoms with Crippen LogP contribution in [-0.2, 0) is 22.4 Å². The third kappa shape index (κ3) is 2.93. The first-order valence-corrected chi connectivity index (χ1v) is 10.0. The number of ether oxygens (including phenoxy) is 1. The maximum absolute atomic E-state index is 13.1. The maximum atomic E-state index is 13.1. The molecule has 2 heterocycles. The van der Waals surface area contributed by atoms with Gasteiger partial charge in [-0.2, -0.15) is 0 Å². The Hall–Kier alpha value is -2.87. The van der Waals surface area contributed by atoms with Gasteiger partial charge < -0.3 is 20.7 Å². The minimum Gasteiger partial charge on any atom is -0.466 e. The van der Waals surface area contributed by atoms with E-state index in [4.69, 9.17) is 4.74 Å². The molecule has 1 aliphatic carbocycles. The van der Waals surface area contributed by atoms with Gasteiger partial charge in [-0.25, -0.2) is 0 Å². The number of aryl methyl sites for hydroxylation is 1. The fourth-order valence-corrected chi connectivity index (χ4v) is 4.84. The Labute approximate surface area is 166 Å². The Morgan fingerprint density at radius 2 is 1.96 bits per heavy atom. The van der Waals surface area contributed by atoms with Crippen molar-refractivity contribution >= 4 is 39.7 Å². The molecule has 4 rings (SSSR count). The highest BCUT2D eigenvalue weighted by atomic mass is 32.1. The molecule has 28 heavy (non-hydrogen) atoms. The number of anilines is 2. The Balaban J connectivity index is 1.66. The highest BCUT2D eigenvalue weighted by Gasteiger charge is 2.47. The number of thiophene rings is 1. The van der Waals surface area contributed by atoms with Gasteiger partial charge in [0.25, 0.3) is 23.3 Å². The molecule has 0 spiro atoms. The predicted molar refractivity (Wildman–Crippen MR) is 107 cm³/mol. The summed E-state index contributed by atoms with van der Waals surface area (Å²) in [7, 11) is 1.57. The van der Waals surface area contributed by atoms with E-state index in [0.717, 1.165) is 36.1 Å². The summed E-state index contributed by atoms with van der Waals surface area (Å²) in [6.07, 6.45) is 3.78. The molecular weight excluding hydrogens is 378 g/mol. The monoisotopic (exact) mass is 399 g/mol. The van der Waals surface area contributed by atoms with Crippen molar-refractivity contribution < 1.29 is 19.1 Å². The fraction of sp³-hybridized carbons (Fsp3) is 0.350. The number of amides is 3. The molecule has 0 saturated heterocycles. The molecule has 3 amide bonds. The molecule has 3 N–H and O–H groups in total. The summed E-state index contributed by atoms with van der Waals surface area (Å²) in [5.74, 6) is -0.967. The summed E-state index contributed by atoms with van der Waals surface area (Å²) < 4.78 is 5.77. The van der Waals surface area contributed by atoms with Crippen LogP contribution in [-0.4, -0.2) is 30.4 Å². The van der Waals surface area contributed by atoms with Crippen LogP contribution in [0.4, 0.5) is 10.7 Å². The maximum Gasteiger partial charge on any atom is 0.278 e. The van der Waals surface area contributed by atoms with Crippen LogP contribution in [0.3, 0.4) is 0 Å². The molecule has 8 heteroatoms. The number of hydrogen-bond acceptors (Lipinski definition) is 5. The average Bonchev–Trinajstić information content (AvgIpc) is 3.06. The lowest BCUT2D eigenvalue weighted by Gasteiger charge is -2.33. The van der Waals surface area contributed by atoms with Gasteiger partial charge in [-0.05, 0) is 50.3 Å². The van der Waals surface area contributed by atoms with Crippen LogP contribution in [0, 0.1) is 0 Å². The second-order valence-corrected chi connectivity index (χ2v) is 8.14. The molecule has 1 atom stereocenters. The van der Waals surface area contributed by atoms with Crippen LogP contribution in [0.5, 0.6) is 5.75 Å². The van der Waals surface area contributed by atoms with Gasteiger partial charge in [-0.3, -0.25) is 14.4 Å². The first-order chi connectivity index (χ1) is 13.4. The Bertz CT molecular complexity index is 984. The molecule has 7 nitrogen and oxygen atoms in total. The van der Waals surface area contributed by atoms with Crippen LogP contribution in [0.15, 0.2) is 24.3 Å². The van der Waals surface area contributed by atoms with Crippen LogP contribution in [0.2, 0.25) is 0 Å². The smallest absolute Gasteiger partial charge is 0.278 e. The molecular formula is C20H21N3O4S. The Morgan fingerprint density at radius 1 is 1.21 bits per heavy atom. The Morgan fingerprint density at radius 3 is 2.75 bits per heavy atom. The van der Waals surface area contributed by atoms with Gasteiger partial charge in [-0.1, -0.05) is 12.1 Å². The van der Waals surface area contributed by atoms with Crippen LogP contribution >= 0.6 is 11.3 Å². The van der Waals surface area contributed by atoms with E-state index in [1.807, 2.05) is 0 Å². The molecule has 2 aliphatic rings. The lowest BCUT2D eigenvalue weighted by atomic mass is 9.95. The van der Waals surface area contributed by atoms with Gasteiger partial charge >= 0.3 is 0 Å². The third-order valence-corrected chi connectivity index (χ3v) is 6.38. The SMILES string of the molecule is CNC(=O)c1c(NC(=O)C2(C)Oc3ccccc3NC2=O)sc2c1CCCC2. The second kappa shape index (κ2) is 6.94. The number of rotatable bonds is 3. The number of para-hydroxylation sites is 2. The molecule has 2 aromatic rings. The molecule has 1 aliphatic heterocycles. The molecule has 0 radical (unpaired) electrons. The minimum atomic E-state index is -1.74. The Kier molecular flexibility index (Phi) is 4.58. The van der Waals surface area contributed by atoms with Gasteiger partial charge in [0.1, 0.15) is 10.8 Å². The van der Waals surface area contributed by atoms with E-state index in [1.54, 1.807) is 31.3 Å². The molecule has 146 valence electrons. The van der Waals surface area contributed by atoms with E-state index >= 15 is 0 Å². The van der Waals surface area contributed by atoms with Crippen LogP contribution < -0.4 is 20.7 Å². The number of hydrogen-bond donors (Lipinski definition) is 3. The number of nitrogens with one attached hydrogen (secondary N) is 3. The summed E-state index contributed by atoms with van der Waals surface area (Å²) >= 11 is 1.40.